The fourth-order valence-electron chi connectivity index (χ4n) is 5.70. The molecule has 2 aliphatic rings. The molecule has 4 amide bonds. The van der Waals surface area contributed by atoms with Crippen LogP contribution in [0.2, 0.25) is 0 Å². The van der Waals surface area contributed by atoms with Crippen LogP contribution in [0.15, 0.2) is 60.7 Å². The van der Waals surface area contributed by atoms with Gasteiger partial charge in [0.15, 0.2) is 5.41 Å². The number of benzene rings is 2. The van der Waals surface area contributed by atoms with Crippen LogP contribution < -0.4 is 0 Å². The normalized spacial score (nSPS) is 29.5. The summed E-state index contributed by atoms with van der Waals surface area (Å²) in [6.07, 6.45) is -1.57. The molecule has 9 heteroatoms. The van der Waals surface area contributed by atoms with Crippen molar-refractivity contribution in [1.82, 2.24) is 9.80 Å². The summed E-state index contributed by atoms with van der Waals surface area (Å²) in [5.41, 5.74) is -1.21. The Morgan fingerprint density at radius 1 is 0.879 bits per heavy atom. The van der Waals surface area contributed by atoms with E-state index in [1.54, 1.807) is 67.6 Å². The molecule has 33 heavy (non-hydrogen) atoms. The lowest BCUT2D eigenvalue weighted by atomic mass is 9.51. The number of nitro groups is 1. The van der Waals surface area contributed by atoms with Crippen molar-refractivity contribution in [2.45, 2.75) is 30.9 Å². The molecule has 0 radical (unpaired) electrons. The Bertz CT molecular complexity index is 1080. The highest BCUT2D eigenvalue weighted by Crippen LogP contribution is 2.57. The lowest BCUT2D eigenvalue weighted by Gasteiger charge is -2.54. The summed E-state index contributed by atoms with van der Waals surface area (Å²) in [4.78, 5) is 53.6. The molecule has 2 aromatic carbocycles. The van der Waals surface area contributed by atoms with Crippen molar-refractivity contribution in [3.05, 3.63) is 81.9 Å². The molecule has 5 atom stereocenters. The molecule has 4 rings (SSSR count). The van der Waals surface area contributed by atoms with Crippen molar-refractivity contribution in [2.75, 3.05) is 14.1 Å². The summed E-state index contributed by atoms with van der Waals surface area (Å²) >= 11 is 0. The zero-order chi connectivity index (χ0) is 24.1. The standard InChI is InChI=1S/C24H25N3O6/c1-14-17(15-10-6-4-7-11-15)19(27(32)33)18(16-12-8-5-9-13-16)24(20(14)28)21(29)25(2)23(31)26(3)22(24)30/h4-14,17-20,28H,1-3H3/t14-,17+,18-,19?,20+/m1/s1. The minimum atomic E-state index is -2.22. The van der Waals surface area contributed by atoms with Crippen LogP contribution >= 0.6 is 0 Å². The zero-order valence-electron chi connectivity index (χ0n) is 18.5. The third-order valence-corrected chi connectivity index (χ3v) is 7.21. The van der Waals surface area contributed by atoms with E-state index in [2.05, 4.69) is 0 Å². The van der Waals surface area contributed by atoms with E-state index < -0.39 is 58.1 Å². The van der Waals surface area contributed by atoms with Crippen LogP contribution in [0.4, 0.5) is 4.79 Å². The second-order valence-electron chi connectivity index (χ2n) is 8.78. The van der Waals surface area contributed by atoms with Gasteiger partial charge in [0, 0.05) is 19.0 Å². The Morgan fingerprint density at radius 2 is 1.33 bits per heavy atom. The van der Waals surface area contributed by atoms with E-state index >= 15 is 0 Å². The number of nitrogens with zero attached hydrogens (tertiary/aromatic N) is 3. The number of rotatable bonds is 3. The fraction of sp³-hybridized carbons (Fsp3) is 0.375. The highest BCUT2D eigenvalue weighted by atomic mass is 16.6. The number of carbonyl (C=O) groups is 3. The first kappa shape index (κ1) is 22.6. The Hall–Kier alpha value is -3.59. The lowest BCUT2D eigenvalue weighted by molar-refractivity contribution is -0.540. The smallest absolute Gasteiger partial charge is 0.332 e. The summed E-state index contributed by atoms with van der Waals surface area (Å²) in [6, 6.07) is 14.8. The minimum Gasteiger partial charge on any atom is -0.391 e. The van der Waals surface area contributed by atoms with E-state index in [0.29, 0.717) is 11.1 Å². The summed E-state index contributed by atoms with van der Waals surface area (Å²) in [5.74, 6) is -4.76. The first-order valence-electron chi connectivity index (χ1n) is 10.7. The second kappa shape index (κ2) is 8.08. The molecular formula is C24H25N3O6. The van der Waals surface area contributed by atoms with E-state index in [4.69, 9.17) is 0 Å². The van der Waals surface area contributed by atoms with Gasteiger partial charge in [-0.3, -0.25) is 29.5 Å². The molecule has 2 fully saturated rings. The molecule has 0 aromatic heterocycles. The van der Waals surface area contributed by atoms with Crippen LogP contribution in [0, 0.1) is 21.4 Å². The highest BCUT2D eigenvalue weighted by molar-refractivity contribution is 6.20. The minimum absolute atomic E-state index is 0.379. The van der Waals surface area contributed by atoms with Crippen molar-refractivity contribution in [1.29, 1.82) is 0 Å². The third kappa shape index (κ3) is 3.06. The predicted octanol–water partition coefficient (Wildman–Crippen LogP) is 2.25. The van der Waals surface area contributed by atoms with Crippen molar-refractivity contribution in [2.24, 2.45) is 11.3 Å². The van der Waals surface area contributed by atoms with Gasteiger partial charge in [0.05, 0.1) is 17.9 Å². The molecular weight excluding hydrogens is 426 g/mol. The lowest BCUT2D eigenvalue weighted by Crippen LogP contribution is -2.73. The van der Waals surface area contributed by atoms with Crippen LogP contribution in [-0.4, -0.2) is 63.9 Å². The second-order valence-corrected chi connectivity index (χ2v) is 8.78. The average Bonchev–Trinajstić information content (AvgIpc) is 2.83. The van der Waals surface area contributed by atoms with Crippen molar-refractivity contribution in [3.8, 4) is 0 Å². The zero-order valence-corrected chi connectivity index (χ0v) is 18.5. The number of hydrogen-bond donors (Lipinski definition) is 1. The molecule has 9 nitrogen and oxygen atoms in total. The SMILES string of the molecule is C[C@@H]1[C@@H](c2ccccc2)C([N+](=O)[O-])[C@@H](c2ccccc2)C2(C(=O)N(C)C(=O)N(C)C2=O)[C@H]1O. The van der Waals surface area contributed by atoms with Gasteiger partial charge in [0.1, 0.15) is 0 Å². The van der Waals surface area contributed by atoms with Gasteiger partial charge < -0.3 is 5.11 Å². The number of amides is 4. The largest absolute Gasteiger partial charge is 0.391 e. The molecule has 1 aliphatic carbocycles. The Balaban J connectivity index is 2.05. The number of hydrogen-bond acceptors (Lipinski definition) is 6. The van der Waals surface area contributed by atoms with E-state index in [-0.39, 0.29) is 0 Å². The van der Waals surface area contributed by atoms with Crippen LogP contribution in [0.25, 0.3) is 0 Å². The number of aliphatic hydroxyl groups is 1. The molecule has 1 saturated heterocycles. The van der Waals surface area contributed by atoms with Gasteiger partial charge in [-0.1, -0.05) is 67.6 Å². The van der Waals surface area contributed by atoms with E-state index in [9.17, 15) is 29.6 Å². The summed E-state index contributed by atoms with van der Waals surface area (Å²) in [7, 11) is 2.44. The van der Waals surface area contributed by atoms with Crippen LogP contribution in [0.5, 0.6) is 0 Å². The maximum Gasteiger partial charge on any atom is 0.332 e. The van der Waals surface area contributed by atoms with E-state index in [0.717, 1.165) is 9.80 Å². The molecule has 2 aromatic rings. The van der Waals surface area contributed by atoms with Gasteiger partial charge in [0.2, 0.25) is 17.9 Å². The number of aliphatic hydroxyl groups excluding tert-OH is 1. The third-order valence-electron chi connectivity index (χ3n) is 7.21. The van der Waals surface area contributed by atoms with Crippen molar-refractivity contribution in [3.63, 3.8) is 0 Å². The molecule has 1 aliphatic heterocycles. The Morgan fingerprint density at radius 3 is 1.79 bits per heavy atom. The van der Waals surface area contributed by atoms with Crippen LogP contribution in [0.1, 0.15) is 29.9 Å². The Labute approximate surface area is 190 Å². The van der Waals surface area contributed by atoms with E-state index in [1.165, 1.54) is 14.1 Å². The maximum atomic E-state index is 13.7. The predicted molar refractivity (Wildman–Crippen MR) is 118 cm³/mol. The van der Waals surface area contributed by atoms with Crippen molar-refractivity contribution >= 4 is 17.8 Å². The first-order valence-corrected chi connectivity index (χ1v) is 10.7. The van der Waals surface area contributed by atoms with Gasteiger partial charge in [0.25, 0.3) is 0 Å². The topological polar surface area (TPSA) is 121 Å². The molecule has 1 heterocycles. The molecule has 1 N–H and O–H groups in total. The van der Waals surface area contributed by atoms with Gasteiger partial charge in [-0.15, -0.1) is 0 Å². The summed E-state index contributed by atoms with van der Waals surface area (Å²) in [6.45, 7) is 1.61. The van der Waals surface area contributed by atoms with Gasteiger partial charge in [-0.2, -0.15) is 0 Å². The van der Waals surface area contributed by atoms with Crippen LogP contribution in [0.3, 0.4) is 0 Å². The van der Waals surface area contributed by atoms with Crippen molar-refractivity contribution < 1.29 is 24.4 Å². The monoisotopic (exact) mass is 451 g/mol. The average molecular weight is 451 g/mol. The quantitative estimate of drug-likeness (QED) is 0.434. The molecule has 172 valence electrons. The van der Waals surface area contributed by atoms with Gasteiger partial charge >= 0.3 is 6.03 Å². The summed E-state index contributed by atoms with van der Waals surface area (Å²) in [5, 5.41) is 24.3. The molecule has 1 saturated carbocycles. The Kier molecular flexibility index (Phi) is 5.53. The number of barbiturate groups is 1. The van der Waals surface area contributed by atoms with Gasteiger partial charge in [-0.05, 0) is 17.0 Å². The molecule has 1 spiro atoms. The first-order chi connectivity index (χ1) is 15.7. The highest BCUT2D eigenvalue weighted by Gasteiger charge is 2.73. The number of imide groups is 2. The maximum absolute atomic E-state index is 13.7. The van der Waals surface area contributed by atoms with Gasteiger partial charge in [-0.25, -0.2) is 4.79 Å². The number of carbonyl (C=O) groups excluding carboxylic acids is 3. The van der Waals surface area contributed by atoms with Crippen LogP contribution in [-0.2, 0) is 9.59 Å². The summed E-state index contributed by atoms with van der Waals surface area (Å²) < 4.78 is 0. The molecule has 0 bridgehead atoms. The van der Waals surface area contributed by atoms with E-state index in [1.807, 2.05) is 0 Å². The molecule has 1 unspecified atom stereocenters. The fourth-order valence-corrected chi connectivity index (χ4v) is 5.70. The number of urea groups is 1.